The van der Waals surface area contributed by atoms with Gasteiger partial charge in [-0.25, -0.2) is 0 Å². The molecule has 1 fully saturated rings. The van der Waals surface area contributed by atoms with Gasteiger partial charge in [-0.2, -0.15) is 0 Å². The topological polar surface area (TPSA) is 40.5 Å². The Hall–Kier alpha value is -0.570. The van der Waals surface area contributed by atoms with E-state index in [0.29, 0.717) is 6.42 Å². The monoisotopic (exact) mass is 213 g/mol. The van der Waals surface area contributed by atoms with E-state index < -0.39 is 5.97 Å². The van der Waals surface area contributed by atoms with Crippen LogP contribution < -0.4 is 0 Å². The normalized spacial score (nSPS) is 18.1. The number of rotatable bonds is 8. The first-order chi connectivity index (χ1) is 7.08. The number of carboxylic acids is 1. The Bertz CT molecular complexity index is 212. The van der Waals surface area contributed by atoms with Gasteiger partial charge in [-0.05, 0) is 38.3 Å². The molecule has 0 aromatic heterocycles. The van der Waals surface area contributed by atoms with E-state index in [1.54, 1.807) is 0 Å². The van der Waals surface area contributed by atoms with E-state index in [1.165, 1.54) is 19.3 Å². The maximum atomic E-state index is 10.7. The van der Waals surface area contributed by atoms with Gasteiger partial charge in [-0.15, -0.1) is 0 Å². The lowest BCUT2D eigenvalue weighted by Gasteiger charge is -2.22. The molecule has 1 aliphatic carbocycles. The van der Waals surface area contributed by atoms with Crippen molar-refractivity contribution in [1.29, 1.82) is 0 Å². The molecule has 1 rings (SSSR count). The van der Waals surface area contributed by atoms with Crippen molar-refractivity contribution in [2.45, 2.75) is 45.4 Å². The first kappa shape index (κ1) is 12.5. The number of aliphatic carboxylic acids is 1. The molecular weight excluding hydrogens is 190 g/mol. The average Bonchev–Trinajstić information content (AvgIpc) is 2.83. The number of hydrogen-bond acceptors (Lipinski definition) is 2. The van der Waals surface area contributed by atoms with Gasteiger partial charge in [0.2, 0.25) is 0 Å². The third-order valence-electron chi connectivity index (χ3n) is 3.23. The molecule has 0 saturated heterocycles. The SMILES string of the molecule is CCCCCN(C)CC1(CC(=O)O)CC1. The van der Waals surface area contributed by atoms with E-state index in [2.05, 4.69) is 18.9 Å². The Labute approximate surface area is 92.5 Å². The number of nitrogens with zero attached hydrogens (tertiary/aromatic N) is 1. The number of unbranched alkanes of at least 4 members (excludes halogenated alkanes) is 2. The standard InChI is InChI=1S/C12H23NO2/c1-3-4-5-8-13(2)10-12(6-7-12)9-11(14)15/h3-10H2,1-2H3,(H,14,15). The van der Waals surface area contributed by atoms with Crippen molar-refractivity contribution < 1.29 is 9.90 Å². The molecule has 15 heavy (non-hydrogen) atoms. The molecule has 1 N–H and O–H groups in total. The first-order valence-electron chi connectivity index (χ1n) is 5.98. The summed E-state index contributed by atoms with van der Waals surface area (Å²) in [6.07, 6.45) is 6.29. The summed E-state index contributed by atoms with van der Waals surface area (Å²) in [5.74, 6) is -0.644. The highest BCUT2D eigenvalue weighted by Gasteiger charge is 2.44. The van der Waals surface area contributed by atoms with E-state index in [9.17, 15) is 4.79 Å². The first-order valence-corrected chi connectivity index (χ1v) is 5.98. The molecule has 0 heterocycles. The Morgan fingerprint density at radius 3 is 2.53 bits per heavy atom. The molecule has 0 spiro atoms. The highest BCUT2D eigenvalue weighted by atomic mass is 16.4. The van der Waals surface area contributed by atoms with Crippen molar-refractivity contribution >= 4 is 5.97 Å². The molecule has 0 atom stereocenters. The molecule has 3 nitrogen and oxygen atoms in total. The van der Waals surface area contributed by atoms with Crippen LogP contribution in [0.2, 0.25) is 0 Å². The second-order valence-electron chi connectivity index (χ2n) is 5.02. The van der Waals surface area contributed by atoms with Crippen LogP contribution in [0.15, 0.2) is 0 Å². The van der Waals surface area contributed by atoms with Gasteiger partial charge in [0, 0.05) is 6.54 Å². The van der Waals surface area contributed by atoms with Crippen LogP contribution in [0.25, 0.3) is 0 Å². The number of carbonyl (C=O) groups is 1. The Balaban J connectivity index is 2.19. The Morgan fingerprint density at radius 1 is 1.40 bits per heavy atom. The van der Waals surface area contributed by atoms with Crippen LogP contribution in [0.1, 0.15) is 45.4 Å². The Kier molecular flexibility index (Phi) is 4.58. The van der Waals surface area contributed by atoms with Gasteiger partial charge in [0.15, 0.2) is 0 Å². The maximum Gasteiger partial charge on any atom is 0.303 e. The third-order valence-corrected chi connectivity index (χ3v) is 3.23. The molecule has 3 heteroatoms. The van der Waals surface area contributed by atoms with Gasteiger partial charge >= 0.3 is 5.97 Å². The van der Waals surface area contributed by atoms with Crippen molar-refractivity contribution in [3.8, 4) is 0 Å². The molecule has 0 bridgehead atoms. The quantitative estimate of drug-likeness (QED) is 0.629. The van der Waals surface area contributed by atoms with Crippen molar-refractivity contribution in [1.82, 2.24) is 4.90 Å². The fourth-order valence-electron chi connectivity index (χ4n) is 2.17. The lowest BCUT2D eigenvalue weighted by molar-refractivity contribution is -0.138. The fourth-order valence-corrected chi connectivity index (χ4v) is 2.17. The third kappa shape index (κ3) is 4.65. The van der Waals surface area contributed by atoms with Crippen molar-refractivity contribution in [3.63, 3.8) is 0 Å². The summed E-state index contributed by atoms with van der Waals surface area (Å²) >= 11 is 0. The summed E-state index contributed by atoms with van der Waals surface area (Å²) in [6.45, 7) is 4.27. The molecule has 0 unspecified atom stereocenters. The van der Waals surface area contributed by atoms with Gasteiger partial charge in [-0.1, -0.05) is 19.8 Å². The zero-order chi connectivity index (χ0) is 11.3. The van der Waals surface area contributed by atoms with Crippen LogP contribution >= 0.6 is 0 Å². The molecular formula is C12H23NO2. The molecule has 0 aliphatic heterocycles. The largest absolute Gasteiger partial charge is 0.481 e. The smallest absolute Gasteiger partial charge is 0.303 e. The maximum absolute atomic E-state index is 10.7. The van der Waals surface area contributed by atoms with Crippen LogP contribution in [0, 0.1) is 5.41 Å². The van der Waals surface area contributed by atoms with Gasteiger partial charge < -0.3 is 10.0 Å². The summed E-state index contributed by atoms with van der Waals surface area (Å²) in [6, 6.07) is 0. The van der Waals surface area contributed by atoms with Crippen molar-refractivity contribution in [3.05, 3.63) is 0 Å². The average molecular weight is 213 g/mol. The summed E-state index contributed by atoms with van der Waals surface area (Å²) in [5.41, 5.74) is 0.118. The lowest BCUT2D eigenvalue weighted by atomic mass is 10.0. The second-order valence-corrected chi connectivity index (χ2v) is 5.02. The minimum absolute atomic E-state index is 0.118. The van der Waals surface area contributed by atoms with E-state index >= 15 is 0 Å². The number of hydrogen-bond donors (Lipinski definition) is 1. The van der Waals surface area contributed by atoms with E-state index in [-0.39, 0.29) is 5.41 Å². The van der Waals surface area contributed by atoms with Crippen LogP contribution in [0.5, 0.6) is 0 Å². The lowest BCUT2D eigenvalue weighted by Crippen LogP contribution is -2.29. The minimum Gasteiger partial charge on any atom is -0.481 e. The van der Waals surface area contributed by atoms with Gasteiger partial charge in [0.1, 0.15) is 0 Å². The summed E-state index contributed by atoms with van der Waals surface area (Å²) in [4.78, 5) is 13.0. The molecule has 1 saturated carbocycles. The molecule has 0 aromatic rings. The Morgan fingerprint density at radius 2 is 2.07 bits per heavy atom. The van der Waals surface area contributed by atoms with Gasteiger partial charge in [0.05, 0.1) is 6.42 Å². The van der Waals surface area contributed by atoms with Crippen LogP contribution in [-0.4, -0.2) is 36.1 Å². The van der Waals surface area contributed by atoms with Gasteiger partial charge in [-0.3, -0.25) is 4.79 Å². The van der Waals surface area contributed by atoms with Crippen molar-refractivity contribution in [2.24, 2.45) is 5.41 Å². The summed E-state index contributed by atoms with van der Waals surface area (Å²) < 4.78 is 0. The predicted octanol–water partition coefficient (Wildman–Crippen LogP) is 2.36. The molecule has 0 radical (unpaired) electrons. The highest BCUT2D eigenvalue weighted by Crippen LogP contribution is 2.49. The fraction of sp³-hybridized carbons (Fsp3) is 0.917. The zero-order valence-electron chi connectivity index (χ0n) is 9.96. The van der Waals surface area contributed by atoms with Crippen LogP contribution in [0.4, 0.5) is 0 Å². The van der Waals surface area contributed by atoms with Crippen LogP contribution in [-0.2, 0) is 4.79 Å². The van der Waals surface area contributed by atoms with Crippen molar-refractivity contribution in [2.75, 3.05) is 20.1 Å². The molecule has 1 aliphatic rings. The highest BCUT2D eigenvalue weighted by molar-refractivity contribution is 5.68. The summed E-state index contributed by atoms with van der Waals surface area (Å²) in [7, 11) is 2.11. The zero-order valence-corrected chi connectivity index (χ0v) is 9.96. The minimum atomic E-state index is -0.644. The van der Waals surface area contributed by atoms with E-state index in [4.69, 9.17) is 5.11 Å². The van der Waals surface area contributed by atoms with Gasteiger partial charge in [0.25, 0.3) is 0 Å². The van der Waals surface area contributed by atoms with E-state index in [0.717, 1.165) is 25.9 Å². The summed E-state index contributed by atoms with van der Waals surface area (Å²) in [5, 5.41) is 8.80. The molecule has 0 aromatic carbocycles. The van der Waals surface area contributed by atoms with E-state index in [1.807, 2.05) is 0 Å². The van der Waals surface area contributed by atoms with Crippen LogP contribution in [0.3, 0.4) is 0 Å². The second kappa shape index (κ2) is 5.50. The molecule has 88 valence electrons. The predicted molar refractivity (Wildman–Crippen MR) is 60.9 cm³/mol. The molecule has 0 amide bonds. The number of carboxylic acid groups (broad SMARTS) is 1.